The Morgan fingerprint density at radius 3 is 2.55 bits per heavy atom. The monoisotopic (exact) mass is 152 g/mol. The van der Waals surface area contributed by atoms with Gasteiger partial charge in [0.2, 0.25) is 0 Å². The summed E-state index contributed by atoms with van der Waals surface area (Å²) in [4.78, 5) is 0. The summed E-state index contributed by atoms with van der Waals surface area (Å²) in [7, 11) is 1.41. The first-order valence-corrected chi connectivity index (χ1v) is 3.23. The largest absolute Gasteiger partial charge is 0.477 e. The first-order chi connectivity index (χ1) is 5.33. The van der Waals surface area contributed by atoms with Crippen LogP contribution in [-0.4, -0.2) is 12.2 Å². The van der Waals surface area contributed by atoms with Crippen molar-refractivity contribution in [2.45, 2.75) is 0 Å². The number of methoxy groups -OCH3 is 1. The summed E-state index contributed by atoms with van der Waals surface area (Å²) in [6.45, 7) is 0. The first-order valence-electron chi connectivity index (χ1n) is 3.23. The molecule has 0 aliphatic rings. The third-order valence-electron chi connectivity index (χ3n) is 1.21. The van der Waals surface area contributed by atoms with Crippen LogP contribution < -0.4 is 4.57 Å². The highest BCUT2D eigenvalue weighted by atomic mass is 16.6. The van der Waals surface area contributed by atoms with Crippen LogP contribution in [0.5, 0.6) is 0 Å². The molecule has 1 aromatic rings. The van der Waals surface area contributed by atoms with Gasteiger partial charge in [0.05, 0.1) is 7.11 Å². The molecular formula is C8H10NO2+. The van der Waals surface area contributed by atoms with E-state index in [1.165, 1.54) is 13.3 Å². The molecule has 1 aromatic heterocycles. The molecule has 1 N–H and O–H groups in total. The zero-order valence-corrected chi connectivity index (χ0v) is 6.27. The Morgan fingerprint density at radius 1 is 1.36 bits per heavy atom. The van der Waals surface area contributed by atoms with Gasteiger partial charge < -0.3 is 9.84 Å². The molecule has 0 saturated carbocycles. The average molecular weight is 152 g/mol. The second-order valence-electron chi connectivity index (χ2n) is 1.99. The van der Waals surface area contributed by atoms with Crippen molar-refractivity contribution in [1.82, 2.24) is 0 Å². The predicted molar refractivity (Wildman–Crippen MR) is 40.5 cm³/mol. The zero-order chi connectivity index (χ0) is 8.10. The summed E-state index contributed by atoms with van der Waals surface area (Å²) in [6, 6.07) is 5.62. The summed E-state index contributed by atoms with van der Waals surface area (Å²) < 4.78 is 6.24. The molecular weight excluding hydrogens is 142 g/mol. The minimum absolute atomic E-state index is 0.110. The molecule has 0 aromatic carbocycles. The van der Waals surface area contributed by atoms with E-state index in [0.717, 1.165) is 0 Å². The lowest BCUT2D eigenvalue weighted by Crippen LogP contribution is -2.24. The van der Waals surface area contributed by atoms with Gasteiger partial charge in [-0.3, -0.25) is 0 Å². The van der Waals surface area contributed by atoms with E-state index in [2.05, 4.69) is 4.74 Å². The lowest BCUT2D eigenvalue weighted by molar-refractivity contribution is -0.570. The van der Waals surface area contributed by atoms with E-state index in [4.69, 9.17) is 5.11 Å². The van der Waals surface area contributed by atoms with Crippen molar-refractivity contribution in [2.75, 3.05) is 7.11 Å². The molecule has 0 spiro atoms. The van der Waals surface area contributed by atoms with Crippen LogP contribution in [0.3, 0.4) is 0 Å². The lowest BCUT2D eigenvalue weighted by Gasteiger charge is -1.91. The molecule has 1 heterocycles. The van der Waals surface area contributed by atoms with E-state index in [0.29, 0.717) is 0 Å². The van der Waals surface area contributed by atoms with Crippen LogP contribution >= 0.6 is 0 Å². The van der Waals surface area contributed by atoms with Gasteiger partial charge in [-0.1, -0.05) is 6.07 Å². The number of hydrogen-bond acceptors (Lipinski definition) is 2. The van der Waals surface area contributed by atoms with Crippen LogP contribution in [0, 0.1) is 0 Å². The highest BCUT2D eigenvalue weighted by molar-refractivity contribution is 5.06. The average Bonchev–Trinajstić information content (AvgIpc) is 2.06. The number of hydrogen-bond donors (Lipinski definition) is 1. The fourth-order valence-corrected chi connectivity index (χ4v) is 0.678. The maximum absolute atomic E-state index is 8.93. The van der Waals surface area contributed by atoms with Crippen molar-refractivity contribution < 1.29 is 14.4 Å². The molecule has 3 nitrogen and oxygen atoms in total. The lowest BCUT2D eigenvalue weighted by atomic mass is 10.5. The number of pyridine rings is 1. The summed E-state index contributed by atoms with van der Waals surface area (Å²) in [6.07, 6.45) is 5.07. The van der Waals surface area contributed by atoms with Crippen molar-refractivity contribution >= 4 is 6.20 Å². The van der Waals surface area contributed by atoms with Gasteiger partial charge in [-0.2, -0.15) is 4.57 Å². The fourth-order valence-electron chi connectivity index (χ4n) is 0.678. The van der Waals surface area contributed by atoms with Crippen LogP contribution in [0.4, 0.5) is 0 Å². The summed E-state index contributed by atoms with van der Waals surface area (Å²) in [5, 5.41) is 8.93. The highest BCUT2D eigenvalue weighted by Crippen LogP contribution is 1.86. The molecule has 3 heteroatoms. The number of aromatic nitrogens is 1. The Labute approximate surface area is 65.2 Å². The van der Waals surface area contributed by atoms with Crippen LogP contribution in [0.25, 0.3) is 6.20 Å². The van der Waals surface area contributed by atoms with Gasteiger partial charge in [0.15, 0.2) is 12.4 Å². The molecule has 0 fully saturated rings. The molecule has 0 bridgehead atoms. The van der Waals surface area contributed by atoms with Crippen molar-refractivity contribution in [3.8, 4) is 0 Å². The van der Waals surface area contributed by atoms with Gasteiger partial charge in [0, 0.05) is 12.1 Å². The van der Waals surface area contributed by atoms with Crippen LogP contribution in [0.2, 0.25) is 0 Å². The van der Waals surface area contributed by atoms with Gasteiger partial charge in [-0.15, -0.1) is 0 Å². The molecule has 58 valence electrons. The van der Waals surface area contributed by atoms with E-state index in [1.807, 2.05) is 18.2 Å². The fraction of sp³-hybridized carbons (Fsp3) is 0.125. The Balaban J connectivity index is 2.79. The minimum Gasteiger partial charge on any atom is -0.477 e. The summed E-state index contributed by atoms with van der Waals surface area (Å²) >= 11 is 0. The van der Waals surface area contributed by atoms with E-state index in [1.54, 1.807) is 17.0 Å². The van der Waals surface area contributed by atoms with Crippen LogP contribution in [0.1, 0.15) is 0 Å². The number of ether oxygens (including phenoxy) is 1. The standard InChI is InChI=1S/C8H9NO2/c1-11-8(10)7-9-5-3-2-4-6-9/h2-7H,1H3/p+1/b8-7+. The number of aliphatic hydroxyl groups is 1. The Morgan fingerprint density at radius 2 is 2.00 bits per heavy atom. The summed E-state index contributed by atoms with van der Waals surface area (Å²) in [5.74, 6) is -0.110. The van der Waals surface area contributed by atoms with E-state index < -0.39 is 0 Å². The molecule has 0 saturated heterocycles. The minimum atomic E-state index is -0.110. The number of nitrogens with zero attached hydrogens (tertiary/aromatic N) is 1. The molecule has 0 aliphatic heterocycles. The normalized spacial score (nSPS) is 11.2. The first kappa shape index (κ1) is 7.60. The quantitative estimate of drug-likeness (QED) is 0.505. The molecule has 0 unspecified atom stereocenters. The van der Waals surface area contributed by atoms with Crippen molar-refractivity contribution in [3.05, 3.63) is 36.5 Å². The third kappa shape index (κ3) is 2.29. The van der Waals surface area contributed by atoms with Gasteiger partial charge in [-0.25, -0.2) is 0 Å². The van der Waals surface area contributed by atoms with E-state index in [-0.39, 0.29) is 5.95 Å². The third-order valence-corrected chi connectivity index (χ3v) is 1.21. The zero-order valence-electron chi connectivity index (χ0n) is 6.27. The van der Waals surface area contributed by atoms with Gasteiger partial charge in [-0.05, 0) is 0 Å². The van der Waals surface area contributed by atoms with Crippen LogP contribution in [0.15, 0.2) is 36.5 Å². The van der Waals surface area contributed by atoms with Gasteiger partial charge in [0.25, 0.3) is 6.20 Å². The Kier molecular flexibility index (Phi) is 2.49. The van der Waals surface area contributed by atoms with Gasteiger partial charge >= 0.3 is 5.95 Å². The Bertz CT molecular complexity index is 244. The van der Waals surface area contributed by atoms with E-state index >= 15 is 0 Å². The highest BCUT2D eigenvalue weighted by Gasteiger charge is 1.96. The predicted octanol–water partition coefficient (Wildman–Crippen LogP) is 0.934. The smallest absolute Gasteiger partial charge is 0.344 e. The van der Waals surface area contributed by atoms with Crippen LogP contribution in [-0.2, 0) is 4.74 Å². The molecule has 1 rings (SSSR count). The molecule has 0 radical (unpaired) electrons. The molecule has 0 amide bonds. The van der Waals surface area contributed by atoms with Crippen molar-refractivity contribution in [3.63, 3.8) is 0 Å². The Hall–Kier alpha value is -1.51. The SMILES string of the molecule is CO/C(O)=C/[n+]1ccccc1. The molecule has 11 heavy (non-hydrogen) atoms. The van der Waals surface area contributed by atoms with Gasteiger partial charge in [0.1, 0.15) is 0 Å². The second-order valence-corrected chi connectivity index (χ2v) is 1.99. The maximum atomic E-state index is 8.93. The molecule has 0 aliphatic carbocycles. The number of rotatable bonds is 2. The summed E-state index contributed by atoms with van der Waals surface area (Å²) in [5.41, 5.74) is 0. The maximum Gasteiger partial charge on any atom is 0.344 e. The van der Waals surface area contributed by atoms with Crippen molar-refractivity contribution in [2.24, 2.45) is 0 Å². The van der Waals surface area contributed by atoms with E-state index in [9.17, 15) is 0 Å². The number of aliphatic hydroxyl groups excluding tert-OH is 1. The second kappa shape index (κ2) is 3.61. The van der Waals surface area contributed by atoms with Crippen molar-refractivity contribution in [1.29, 1.82) is 0 Å². The molecule has 0 atom stereocenters. The topological polar surface area (TPSA) is 33.3 Å².